The third kappa shape index (κ3) is 2.44. The number of benzene rings is 1. The zero-order chi connectivity index (χ0) is 12.3. The molecule has 1 aromatic carbocycles. The smallest absolute Gasteiger partial charge is 0.123 e. The van der Waals surface area contributed by atoms with E-state index in [1.54, 1.807) is 6.26 Å². The highest BCUT2D eigenvalue weighted by Gasteiger charge is 2.10. The van der Waals surface area contributed by atoms with E-state index < -0.39 is 0 Å². The lowest BCUT2D eigenvalue weighted by Gasteiger charge is -2.24. The van der Waals surface area contributed by atoms with E-state index in [1.807, 2.05) is 24.3 Å². The van der Waals surface area contributed by atoms with Crippen molar-refractivity contribution < 1.29 is 4.42 Å². The Bertz CT molecular complexity index is 477. The Balaban J connectivity index is 2.26. The highest BCUT2D eigenvalue weighted by atomic mass is 16.3. The van der Waals surface area contributed by atoms with Gasteiger partial charge in [0.15, 0.2) is 0 Å². The molecule has 0 amide bonds. The molecule has 0 bridgehead atoms. The second-order valence-corrected chi connectivity index (χ2v) is 4.08. The highest BCUT2D eigenvalue weighted by Crippen LogP contribution is 2.25. The summed E-state index contributed by atoms with van der Waals surface area (Å²) < 4.78 is 5.38. The molecule has 3 heteroatoms. The van der Waals surface area contributed by atoms with Crippen LogP contribution in [0.25, 0.3) is 0 Å². The number of furan rings is 1. The summed E-state index contributed by atoms with van der Waals surface area (Å²) in [6.45, 7) is 5.87. The van der Waals surface area contributed by atoms with Gasteiger partial charge in [-0.1, -0.05) is 6.07 Å². The van der Waals surface area contributed by atoms with E-state index in [9.17, 15) is 0 Å². The standard InChI is InChI=1S/C14H18N2O/c1-3-16(10-12-6-5-9-17-12)14-8-4-7-13(15)11(14)2/h4-9H,3,10,15H2,1-2H3. The Morgan fingerprint density at radius 2 is 2.06 bits per heavy atom. The summed E-state index contributed by atoms with van der Waals surface area (Å²) in [4.78, 5) is 2.25. The molecule has 0 fully saturated rings. The average molecular weight is 230 g/mol. The fourth-order valence-corrected chi connectivity index (χ4v) is 1.94. The maximum Gasteiger partial charge on any atom is 0.123 e. The number of nitrogens with two attached hydrogens (primary N) is 1. The molecule has 3 nitrogen and oxygen atoms in total. The zero-order valence-corrected chi connectivity index (χ0v) is 10.3. The molecule has 0 spiro atoms. The van der Waals surface area contributed by atoms with Crippen LogP contribution in [0.5, 0.6) is 0 Å². The molecule has 1 aromatic heterocycles. The van der Waals surface area contributed by atoms with Crippen LogP contribution in [0.1, 0.15) is 18.2 Å². The summed E-state index contributed by atoms with van der Waals surface area (Å²) in [5, 5.41) is 0. The van der Waals surface area contributed by atoms with Gasteiger partial charge in [0.05, 0.1) is 12.8 Å². The summed E-state index contributed by atoms with van der Waals surface area (Å²) in [6.07, 6.45) is 1.70. The molecule has 17 heavy (non-hydrogen) atoms. The Hall–Kier alpha value is -1.90. The lowest BCUT2D eigenvalue weighted by atomic mass is 10.1. The van der Waals surface area contributed by atoms with Crippen LogP contribution in [0.3, 0.4) is 0 Å². The van der Waals surface area contributed by atoms with Crippen LogP contribution in [0, 0.1) is 6.92 Å². The summed E-state index contributed by atoms with van der Waals surface area (Å²) in [6, 6.07) is 9.92. The van der Waals surface area contributed by atoms with Crippen LogP contribution in [-0.2, 0) is 6.54 Å². The average Bonchev–Trinajstić information content (AvgIpc) is 2.83. The van der Waals surface area contributed by atoms with Gasteiger partial charge in [0.25, 0.3) is 0 Å². The predicted octanol–water partition coefficient (Wildman–Crippen LogP) is 3.20. The first-order chi connectivity index (χ1) is 8.22. The van der Waals surface area contributed by atoms with Gasteiger partial charge in [-0.15, -0.1) is 0 Å². The van der Waals surface area contributed by atoms with Crippen molar-refractivity contribution in [3.8, 4) is 0 Å². The number of rotatable bonds is 4. The molecular formula is C14H18N2O. The molecule has 0 aliphatic rings. The topological polar surface area (TPSA) is 42.4 Å². The lowest BCUT2D eigenvalue weighted by Crippen LogP contribution is -2.22. The molecule has 0 aliphatic carbocycles. The summed E-state index contributed by atoms with van der Waals surface area (Å²) in [7, 11) is 0. The van der Waals surface area contributed by atoms with Crippen LogP contribution in [0.2, 0.25) is 0 Å². The van der Waals surface area contributed by atoms with E-state index in [-0.39, 0.29) is 0 Å². The van der Waals surface area contributed by atoms with Crippen LogP contribution >= 0.6 is 0 Å². The Morgan fingerprint density at radius 1 is 1.24 bits per heavy atom. The molecular weight excluding hydrogens is 212 g/mol. The minimum atomic E-state index is 0.772. The molecule has 2 aromatic rings. The van der Waals surface area contributed by atoms with Crippen LogP contribution in [0.15, 0.2) is 41.0 Å². The molecule has 0 aliphatic heterocycles. The molecule has 0 unspecified atom stereocenters. The number of anilines is 2. The summed E-state index contributed by atoms with van der Waals surface area (Å²) in [5.41, 5.74) is 9.07. The fraction of sp³-hybridized carbons (Fsp3) is 0.286. The normalized spacial score (nSPS) is 10.5. The highest BCUT2D eigenvalue weighted by molar-refractivity contribution is 5.64. The SMILES string of the molecule is CCN(Cc1ccco1)c1cccc(N)c1C. The molecule has 0 saturated carbocycles. The quantitative estimate of drug-likeness (QED) is 0.820. The van der Waals surface area contributed by atoms with E-state index in [1.165, 1.54) is 5.69 Å². The van der Waals surface area contributed by atoms with Crippen molar-refractivity contribution >= 4 is 11.4 Å². The van der Waals surface area contributed by atoms with E-state index >= 15 is 0 Å². The molecule has 0 radical (unpaired) electrons. The van der Waals surface area contributed by atoms with Crippen LogP contribution in [-0.4, -0.2) is 6.54 Å². The van der Waals surface area contributed by atoms with Crippen molar-refractivity contribution in [2.24, 2.45) is 0 Å². The molecule has 1 heterocycles. The van der Waals surface area contributed by atoms with Crippen LogP contribution < -0.4 is 10.6 Å². The summed E-state index contributed by atoms with van der Waals surface area (Å²) in [5.74, 6) is 0.966. The van der Waals surface area contributed by atoms with Crippen molar-refractivity contribution in [1.29, 1.82) is 0 Å². The van der Waals surface area contributed by atoms with Gasteiger partial charge >= 0.3 is 0 Å². The molecule has 90 valence electrons. The van der Waals surface area contributed by atoms with E-state index in [0.29, 0.717) is 0 Å². The third-order valence-electron chi connectivity index (χ3n) is 3.00. The van der Waals surface area contributed by atoms with Gasteiger partial charge in [0.2, 0.25) is 0 Å². The monoisotopic (exact) mass is 230 g/mol. The van der Waals surface area contributed by atoms with Crippen molar-refractivity contribution in [1.82, 2.24) is 0 Å². The molecule has 0 atom stereocenters. The van der Waals surface area contributed by atoms with Gasteiger partial charge in [-0.25, -0.2) is 0 Å². The maximum atomic E-state index is 5.94. The number of nitrogen functional groups attached to an aromatic ring is 1. The van der Waals surface area contributed by atoms with Crippen LogP contribution in [0.4, 0.5) is 11.4 Å². The van der Waals surface area contributed by atoms with Gasteiger partial charge in [-0.05, 0) is 43.7 Å². The van der Waals surface area contributed by atoms with Crippen molar-refractivity contribution in [3.63, 3.8) is 0 Å². The minimum Gasteiger partial charge on any atom is -0.467 e. The van der Waals surface area contributed by atoms with Gasteiger partial charge in [0.1, 0.15) is 5.76 Å². The third-order valence-corrected chi connectivity index (χ3v) is 3.00. The first-order valence-corrected chi connectivity index (χ1v) is 5.84. The first kappa shape index (κ1) is 11.6. The van der Waals surface area contributed by atoms with E-state index in [2.05, 4.69) is 24.8 Å². The molecule has 2 N–H and O–H groups in total. The van der Waals surface area contributed by atoms with Gasteiger partial charge in [-0.2, -0.15) is 0 Å². The van der Waals surface area contributed by atoms with Crippen molar-refractivity contribution in [2.45, 2.75) is 20.4 Å². The number of hydrogen-bond acceptors (Lipinski definition) is 3. The fourth-order valence-electron chi connectivity index (χ4n) is 1.94. The second-order valence-electron chi connectivity index (χ2n) is 4.08. The second kappa shape index (κ2) is 4.95. The summed E-state index contributed by atoms with van der Waals surface area (Å²) >= 11 is 0. The lowest BCUT2D eigenvalue weighted by molar-refractivity contribution is 0.503. The van der Waals surface area contributed by atoms with Crippen molar-refractivity contribution in [2.75, 3.05) is 17.2 Å². The van der Waals surface area contributed by atoms with E-state index in [4.69, 9.17) is 10.2 Å². The van der Waals surface area contributed by atoms with Crippen molar-refractivity contribution in [3.05, 3.63) is 47.9 Å². The van der Waals surface area contributed by atoms with Gasteiger partial charge in [-0.3, -0.25) is 0 Å². The number of hydrogen-bond donors (Lipinski definition) is 1. The molecule has 0 saturated heterocycles. The van der Waals surface area contributed by atoms with E-state index in [0.717, 1.165) is 30.1 Å². The Kier molecular flexibility index (Phi) is 3.38. The van der Waals surface area contributed by atoms with Gasteiger partial charge < -0.3 is 15.1 Å². The molecule has 2 rings (SSSR count). The Labute approximate surface area is 102 Å². The zero-order valence-electron chi connectivity index (χ0n) is 10.3. The largest absolute Gasteiger partial charge is 0.467 e. The van der Waals surface area contributed by atoms with Gasteiger partial charge in [0, 0.05) is 17.9 Å². The number of nitrogens with zero attached hydrogens (tertiary/aromatic N) is 1. The minimum absolute atomic E-state index is 0.772. The Morgan fingerprint density at radius 3 is 2.71 bits per heavy atom. The first-order valence-electron chi connectivity index (χ1n) is 5.84. The maximum absolute atomic E-state index is 5.94. The predicted molar refractivity (Wildman–Crippen MR) is 71.0 cm³/mol.